The zero-order valence-corrected chi connectivity index (χ0v) is 10.2. The Hall–Kier alpha value is -1.27. The quantitative estimate of drug-likeness (QED) is 0.769. The van der Waals surface area contributed by atoms with E-state index in [2.05, 4.69) is 4.98 Å². The number of imidazole rings is 1. The molecule has 86 valence electrons. The number of rotatable bonds is 2. The first-order valence-electron chi connectivity index (χ1n) is 4.41. The van der Waals surface area contributed by atoms with Crippen LogP contribution in [0, 0.1) is 6.92 Å². The van der Waals surface area contributed by atoms with Gasteiger partial charge in [0.05, 0.1) is 12.6 Å². The zero-order valence-electron chi connectivity index (χ0n) is 8.64. The van der Waals surface area contributed by atoms with Crippen LogP contribution >= 0.6 is 10.7 Å². The van der Waals surface area contributed by atoms with Gasteiger partial charge in [-0.1, -0.05) is 0 Å². The molecule has 0 bridgehead atoms. The second kappa shape index (κ2) is 3.64. The molecule has 0 aliphatic carbocycles. The van der Waals surface area contributed by atoms with Gasteiger partial charge < -0.3 is 9.14 Å². The van der Waals surface area contributed by atoms with Crippen LogP contribution < -0.4 is 4.74 Å². The third-order valence-electron chi connectivity index (χ3n) is 2.22. The predicted octanol–water partition coefficient (Wildman–Crippen LogP) is 1.58. The van der Waals surface area contributed by atoms with Crippen LogP contribution in [0.5, 0.6) is 5.75 Å². The molecule has 0 radical (unpaired) electrons. The molecule has 0 saturated carbocycles. The van der Waals surface area contributed by atoms with E-state index >= 15 is 0 Å². The summed E-state index contributed by atoms with van der Waals surface area (Å²) >= 11 is 0. The third-order valence-corrected chi connectivity index (χ3v) is 3.42. The molecular weight excluding hydrogens is 252 g/mol. The number of aryl methyl sites for hydroxylation is 1. The van der Waals surface area contributed by atoms with Gasteiger partial charge in [0.25, 0.3) is 9.05 Å². The number of fused-ring (bicyclic) bond motifs is 1. The molecule has 2 aromatic heterocycles. The summed E-state index contributed by atoms with van der Waals surface area (Å²) in [6.07, 6.45) is 1.68. The Bertz CT molecular complexity index is 648. The molecule has 0 aliphatic heterocycles. The molecule has 0 unspecified atom stereocenters. The molecular formula is C9H9ClN2O3S. The second-order valence-corrected chi connectivity index (χ2v) is 5.71. The Balaban J connectivity index is 2.86. The number of hydrogen-bond donors (Lipinski definition) is 0. The highest BCUT2D eigenvalue weighted by Crippen LogP contribution is 2.24. The maximum absolute atomic E-state index is 11.3. The maximum atomic E-state index is 11.3. The summed E-state index contributed by atoms with van der Waals surface area (Å²) in [7, 11) is 2.96. The molecule has 0 amide bonds. The molecule has 2 rings (SSSR count). The van der Waals surface area contributed by atoms with E-state index in [4.69, 9.17) is 15.4 Å². The number of ether oxygens (including phenoxy) is 1. The van der Waals surface area contributed by atoms with Crippen molar-refractivity contribution in [1.29, 1.82) is 0 Å². The Morgan fingerprint density at radius 3 is 2.75 bits per heavy atom. The van der Waals surface area contributed by atoms with Crippen molar-refractivity contribution in [3.8, 4) is 5.75 Å². The Labute approximate surface area is 97.0 Å². The second-order valence-electron chi connectivity index (χ2n) is 3.22. The standard InChI is InChI=1S/C9H9ClN2O3S/c1-6-11-9(16(10,13)14)8-5-7(15-2)3-4-12(6)8/h3-5H,1-2H3. The highest BCUT2D eigenvalue weighted by Gasteiger charge is 2.20. The van der Waals surface area contributed by atoms with Gasteiger partial charge in [0, 0.05) is 22.9 Å². The van der Waals surface area contributed by atoms with Crippen molar-refractivity contribution in [3.05, 3.63) is 24.2 Å². The summed E-state index contributed by atoms with van der Waals surface area (Å²) in [6, 6.07) is 3.29. The summed E-state index contributed by atoms with van der Waals surface area (Å²) < 4.78 is 29.3. The summed E-state index contributed by atoms with van der Waals surface area (Å²) in [6.45, 7) is 1.70. The smallest absolute Gasteiger partial charge is 0.280 e. The Morgan fingerprint density at radius 2 is 2.19 bits per heavy atom. The van der Waals surface area contributed by atoms with E-state index in [9.17, 15) is 8.42 Å². The lowest BCUT2D eigenvalue weighted by atomic mass is 10.4. The number of aromatic nitrogens is 2. The molecule has 2 aromatic rings. The van der Waals surface area contributed by atoms with Crippen LogP contribution in [0.25, 0.3) is 5.52 Å². The lowest BCUT2D eigenvalue weighted by Gasteiger charge is -2.01. The largest absolute Gasteiger partial charge is 0.497 e. The van der Waals surface area contributed by atoms with E-state index in [0.717, 1.165) is 0 Å². The summed E-state index contributed by atoms with van der Waals surface area (Å²) in [5, 5.41) is -0.148. The first-order valence-corrected chi connectivity index (χ1v) is 6.72. The molecule has 0 aliphatic rings. The van der Waals surface area contributed by atoms with Gasteiger partial charge >= 0.3 is 0 Å². The van der Waals surface area contributed by atoms with Crippen LogP contribution in [0.2, 0.25) is 0 Å². The fourth-order valence-electron chi connectivity index (χ4n) is 1.49. The molecule has 0 atom stereocenters. The Morgan fingerprint density at radius 1 is 1.50 bits per heavy atom. The topological polar surface area (TPSA) is 60.7 Å². The van der Waals surface area contributed by atoms with Crippen molar-refractivity contribution in [3.63, 3.8) is 0 Å². The van der Waals surface area contributed by atoms with Crippen LogP contribution in [0.3, 0.4) is 0 Å². The van der Waals surface area contributed by atoms with Crippen molar-refractivity contribution < 1.29 is 13.2 Å². The molecule has 0 saturated heterocycles. The Kier molecular flexibility index (Phi) is 2.55. The van der Waals surface area contributed by atoms with E-state index in [-0.39, 0.29) is 5.03 Å². The zero-order chi connectivity index (χ0) is 11.9. The molecule has 16 heavy (non-hydrogen) atoms. The van der Waals surface area contributed by atoms with Crippen molar-refractivity contribution in [1.82, 2.24) is 9.38 Å². The van der Waals surface area contributed by atoms with Crippen LogP contribution in [-0.2, 0) is 9.05 Å². The van der Waals surface area contributed by atoms with Crippen LogP contribution in [0.15, 0.2) is 23.4 Å². The van der Waals surface area contributed by atoms with Crippen molar-refractivity contribution in [2.75, 3.05) is 7.11 Å². The van der Waals surface area contributed by atoms with Crippen LogP contribution in [0.1, 0.15) is 5.82 Å². The molecule has 7 heteroatoms. The van der Waals surface area contributed by atoms with E-state index in [1.165, 1.54) is 7.11 Å². The normalized spacial score (nSPS) is 11.9. The first-order chi connectivity index (χ1) is 7.43. The molecule has 0 aromatic carbocycles. The van der Waals surface area contributed by atoms with Gasteiger partial charge in [-0.3, -0.25) is 0 Å². The fourth-order valence-corrected chi connectivity index (χ4v) is 2.48. The highest BCUT2D eigenvalue weighted by atomic mass is 35.7. The predicted molar refractivity (Wildman–Crippen MR) is 59.5 cm³/mol. The average Bonchev–Trinajstić information content (AvgIpc) is 2.55. The maximum Gasteiger partial charge on any atom is 0.280 e. The van der Waals surface area contributed by atoms with Gasteiger partial charge in [-0.15, -0.1) is 0 Å². The van der Waals surface area contributed by atoms with E-state index in [1.54, 1.807) is 29.7 Å². The van der Waals surface area contributed by atoms with Gasteiger partial charge in [-0.05, 0) is 13.0 Å². The number of pyridine rings is 1. The van der Waals surface area contributed by atoms with E-state index < -0.39 is 9.05 Å². The minimum absolute atomic E-state index is 0.148. The number of methoxy groups -OCH3 is 1. The minimum atomic E-state index is -3.85. The minimum Gasteiger partial charge on any atom is -0.497 e. The van der Waals surface area contributed by atoms with Crippen molar-refractivity contribution >= 4 is 25.2 Å². The van der Waals surface area contributed by atoms with Gasteiger partial charge in [0.15, 0.2) is 5.03 Å². The fraction of sp³-hybridized carbons (Fsp3) is 0.222. The molecule has 0 fully saturated rings. The van der Waals surface area contributed by atoms with Gasteiger partial charge in [0.2, 0.25) is 0 Å². The third kappa shape index (κ3) is 1.74. The SMILES string of the molecule is COc1ccn2c(C)nc(S(=O)(=O)Cl)c2c1. The average molecular weight is 261 g/mol. The number of halogens is 1. The number of nitrogens with zero attached hydrogens (tertiary/aromatic N) is 2. The van der Waals surface area contributed by atoms with E-state index in [1.807, 2.05) is 0 Å². The molecule has 2 heterocycles. The van der Waals surface area contributed by atoms with Gasteiger partial charge in [-0.25, -0.2) is 13.4 Å². The van der Waals surface area contributed by atoms with Crippen molar-refractivity contribution in [2.45, 2.75) is 11.9 Å². The molecule has 0 spiro atoms. The first kappa shape index (κ1) is 11.2. The summed E-state index contributed by atoms with van der Waals surface area (Å²) in [4.78, 5) is 3.92. The monoisotopic (exact) mass is 260 g/mol. The highest BCUT2D eigenvalue weighted by molar-refractivity contribution is 8.13. The summed E-state index contributed by atoms with van der Waals surface area (Å²) in [5.74, 6) is 1.10. The number of hydrogen-bond acceptors (Lipinski definition) is 4. The lowest BCUT2D eigenvalue weighted by molar-refractivity contribution is 0.414. The lowest BCUT2D eigenvalue weighted by Crippen LogP contribution is -1.93. The summed E-state index contributed by atoms with van der Waals surface area (Å²) in [5.41, 5.74) is 0.409. The van der Waals surface area contributed by atoms with Gasteiger partial charge in [-0.2, -0.15) is 0 Å². The van der Waals surface area contributed by atoms with Crippen molar-refractivity contribution in [2.24, 2.45) is 0 Å². The van der Waals surface area contributed by atoms with Crippen LogP contribution in [0.4, 0.5) is 0 Å². The molecule has 5 nitrogen and oxygen atoms in total. The van der Waals surface area contributed by atoms with Crippen LogP contribution in [-0.4, -0.2) is 24.9 Å². The van der Waals surface area contributed by atoms with Gasteiger partial charge in [0.1, 0.15) is 11.6 Å². The van der Waals surface area contributed by atoms with E-state index in [0.29, 0.717) is 17.1 Å². The molecule has 0 N–H and O–H groups in total.